The lowest BCUT2D eigenvalue weighted by molar-refractivity contribution is 0.663. The molecule has 232 valence electrons. The van der Waals surface area contributed by atoms with Gasteiger partial charge in [-0.25, -0.2) is 9.97 Å². The van der Waals surface area contributed by atoms with Gasteiger partial charge in [0.2, 0.25) is 0 Å². The topological polar surface area (TPSA) is 43.9 Å². The Morgan fingerprint density at radius 2 is 1.12 bits per heavy atom. The van der Waals surface area contributed by atoms with E-state index in [0.29, 0.717) is 11.4 Å². The van der Waals surface area contributed by atoms with Gasteiger partial charge in [0.15, 0.2) is 17.2 Å². The fourth-order valence-corrected chi connectivity index (χ4v) is 7.99. The Hall–Kier alpha value is -6.78. The number of aromatic nitrogens is 3. The maximum absolute atomic E-state index is 7.04. The zero-order chi connectivity index (χ0) is 32.8. The first-order valence-electron chi connectivity index (χ1n) is 16.9. The number of benzene rings is 8. The molecule has 0 N–H and O–H groups in total. The van der Waals surface area contributed by atoms with Gasteiger partial charge in [0.05, 0.1) is 16.4 Å². The van der Waals surface area contributed by atoms with Crippen molar-refractivity contribution < 1.29 is 4.42 Å². The number of hydrogen-bond acceptors (Lipinski definition) is 3. The van der Waals surface area contributed by atoms with Crippen LogP contribution in [-0.4, -0.2) is 14.5 Å². The highest BCUT2D eigenvalue weighted by Gasteiger charge is 2.25. The van der Waals surface area contributed by atoms with Crippen LogP contribution in [0.15, 0.2) is 168 Å². The summed E-state index contributed by atoms with van der Waals surface area (Å²) in [5.41, 5.74) is 7.67. The molecule has 0 aliphatic carbocycles. The highest BCUT2D eigenvalue weighted by atomic mass is 16.3. The average molecular weight is 638 g/mol. The monoisotopic (exact) mass is 637 g/mol. The Balaban J connectivity index is 1.33. The van der Waals surface area contributed by atoms with Gasteiger partial charge in [-0.3, -0.25) is 4.57 Å². The van der Waals surface area contributed by atoms with Gasteiger partial charge in [0.25, 0.3) is 0 Å². The first-order chi connectivity index (χ1) is 24.8. The van der Waals surface area contributed by atoms with E-state index in [2.05, 4.69) is 150 Å². The van der Waals surface area contributed by atoms with E-state index in [1.165, 1.54) is 32.5 Å². The van der Waals surface area contributed by atoms with Crippen molar-refractivity contribution in [2.75, 3.05) is 0 Å². The van der Waals surface area contributed by atoms with Crippen molar-refractivity contribution in [1.82, 2.24) is 14.5 Å². The van der Waals surface area contributed by atoms with Crippen LogP contribution >= 0.6 is 0 Å². The molecule has 3 aromatic heterocycles. The van der Waals surface area contributed by atoms with Gasteiger partial charge in [0.1, 0.15) is 11.1 Å². The van der Waals surface area contributed by atoms with Gasteiger partial charge in [-0.1, -0.05) is 152 Å². The van der Waals surface area contributed by atoms with Crippen LogP contribution in [0.3, 0.4) is 0 Å². The van der Waals surface area contributed by atoms with Gasteiger partial charge in [-0.2, -0.15) is 0 Å². The molecule has 3 heterocycles. The normalized spacial score (nSPS) is 12.0. The Bertz CT molecular complexity index is 3150. The highest BCUT2D eigenvalue weighted by Crippen LogP contribution is 2.44. The third kappa shape index (κ3) is 3.81. The van der Waals surface area contributed by atoms with Gasteiger partial charge >= 0.3 is 0 Å². The Morgan fingerprint density at radius 1 is 0.460 bits per heavy atom. The Morgan fingerprint density at radius 3 is 1.96 bits per heavy atom. The summed E-state index contributed by atoms with van der Waals surface area (Å²) in [7, 11) is 0. The zero-order valence-electron chi connectivity index (χ0n) is 26.8. The lowest BCUT2D eigenvalue weighted by Gasteiger charge is -2.12. The summed E-state index contributed by atoms with van der Waals surface area (Å²) in [5.74, 6) is 1.38. The van der Waals surface area contributed by atoms with Gasteiger partial charge in [-0.15, -0.1) is 0 Å². The van der Waals surface area contributed by atoms with E-state index in [1.807, 2.05) is 18.2 Å². The van der Waals surface area contributed by atoms with E-state index in [9.17, 15) is 0 Å². The Labute approximate surface area is 286 Å². The van der Waals surface area contributed by atoms with Crippen LogP contribution in [0.2, 0.25) is 0 Å². The van der Waals surface area contributed by atoms with Crippen LogP contribution in [0.25, 0.3) is 105 Å². The second-order valence-corrected chi connectivity index (χ2v) is 12.9. The minimum atomic E-state index is 0.657. The molecule has 0 amide bonds. The quantitative estimate of drug-likeness (QED) is 0.194. The fourth-order valence-electron chi connectivity index (χ4n) is 7.99. The maximum atomic E-state index is 7.04. The van der Waals surface area contributed by atoms with Crippen LogP contribution in [0.5, 0.6) is 0 Å². The molecule has 0 unspecified atom stereocenters. The number of nitrogens with zero attached hydrogens (tertiary/aromatic N) is 3. The third-order valence-electron chi connectivity index (χ3n) is 10.2. The second kappa shape index (κ2) is 10.4. The standard InChI is InChI=1S/C46H27N3O/c1-2-15-30(16-3-1)45-47-42-41-36-22-9-8-20-34(36)38(33-23-12-17-28-13-4-6-18-31(28)33)27-40(41)50-44(42)46(48-45)49-39-24-11-10-21-35(39)37-26-25-29-14-5-7-19-32(29)43(37)49/h1-27H. The number of rotatable bonds is 3. The number of para-hydroxylation sites is 1. The van der Waals surface area contributed by atoms with Crippen LogP contribution in [0, 0.1) is 0 Å². The summed E-state index contributed by atoms with van der Waals surface area (Å²) in [4.78, 5) is 10.7. The van der Waals surface area contributed by atoms with Crippen LogP contribution in [0.4, 0.5) is 0 Å². The minimum absolute atomic E-state index is 0.657. The van der Waals surface area contributed by atoms with Crippen LogP contribution < -0.4 is 0 Å². The molecular weight excluding hydrogens is 611 g/mol. The van der Waals surface area contributed by atoms with Crippen molar-refractivity contribution in [3.8, 4) is 28.3 Å². The maximum Gasteiger partial charge on any atom is 0.197 e. The lowest BCUT2D eigenvalue weighted by atomic mass is 9.92. The van der Waals surface area contributed by atoms with E-state index in [4.69, 9.17) is 14.4 Å². The minimum Gasteiger partial charge on any atom is -0.450 e. The van der Waals surface area contributed by atoms with Crippen molar-refractivity contribution >= 4 is 76.2 Å². The van der Waals surface area contributed by atoms with E-state index in [0.717, 1.165) is 60.6 Å². The fraction of sp³-hybridized carbons (Fsp3) is 0. The number of hydrogen-bond donors (Lipinski definition) is 0. The molecule has 4 nitrogen and oxygen atoms in total. The SMILES string of the molecule is c1ccc(-c2nc(-n3c4ccccc4c4ccc5ccccc5c43)c3oc4cc(-c5cccc6ccccc56)c5ccccc5c4c3n2)cc1. The van der Waals surface area contributed by atoms with Crippen molar-refractivity contribution in [2.45, 2.75) is 0 Å². The van der Waals surface area contributed by atoms with E-state index in [1.54, 1.807) is 0 Å². The van der Waals surface area contributed by atoms with E-state index in [-0.39, 0.29) is 0 Å². The molecular formula is C46H27N3O. The molecule has 0 aliphatic rings. The molecule has 0 saturated heterocycles. The summed E-state index contributed by atoms with van der Waals surface area (Å²) in [6, 6.07) is 57.8. The van der Waals surface area contributed by atoms with E-state index >= 15 is 0 Å². The van der Waals surface area contributed by atoms with Gasteiger partial charge in [-0.05, 0) is 50.2 Å². The summed E-state index contributed by atoms with van der Waals surface area (Å²) < 4.78 is 9.34. The molecule has 8 aromatic carbocycles. The second-order valence-electron chi connectivity index (χ2n) is 12.9. The Kier molecular flexibility index (Phi) is 5.63. The molecule has 50 heavy (non-hydrogen) atoms. The molecule has 0 spiro atoms. The molecule has 0 bridgehead atoms. The number of fused-ring (bicyclic) bond motifs is 11. The van der Waals surface area contributed by atoms with Gasteiger partial charge < -0.3 is 4.42 Å². The largest absolute Gasteiger partial charge is 0.450 e. The summed E-state index contributed by atoms with van der Waals surface area (Å²) in [6.07, 6.45) is 0. The zero-order valence-corrected chi connectivity index (χ0v) is 26.8. The molecule has 0 radical (unpaired) electrons. The highest BCUT2D eigenvalue weighted by molar-refractivity contribution is 6.24. The molecule has 0 aliphatic heterocycles. The summed E-state index contributed by atoms with van der Waals surface area (Å²) in [5, 5.41) is 10.3. The van der Waals surface area contributed by atoms with Crippen LogP contribution in [-0.2, 0) is 0 Å². The third-order valence-corrected chi connectivity index (χ3v) is 10.2. The molecule has 11 rings (SSSR count). The van der Waals surface area contributed by atoms with Crippen molar-refractivity contribution in [3.63, 3.8) is 0 Å². The molecule has 0 atom stereocenters. The number of furan rings is 1. The first kappa shape index (κ1) is 27.2. The average Bonchev–Trinajstić information content (AvgIpc) is 3.73. The van der Waals surface area contributed by atoms with Crippen molar-refractivity contribution in [2.24, 2.45) is 0 Å². The molecule has 0 fully saturated rings. The first-order valence-corrected chi connectivity index (χ1v) is 16.9. The lowest BCUT2D eigenvalue weighted by Crippen LogP contribution is -2.02. The van der Waals surface area contributed by atoms with Gasteiger partial charge in [0, 0.05) is 21.7 Å². The van der Waals surface area contributed by atoms with Crippen LogP contribution in [0.1, 0.15) is 0 Å². The predicted molar refractivity (Wildman–Crippen MR) is 207 cm³/mol. The smallest absolute Gasteiger partial charge is 0.197 e. The molecule has 0 saturated carbocycles. The summed E-state index contributed by atoms with van der Waals surface area (Å²) >= 11 is 0. The van der Waals surface area contributed by atoms with E-state index < -0.39 is 0 Å². The van der Waals surface area contributed by atoms with Crippen molar-refractivity contribution in [3.05, 3.63) is 164 Å². The molecule has 4 heteroatoms. The molecule has 11 aromatic rings. The predicted octanol–water partition coefficient (Wildman–Crippen LogP) is 12.3. The van der Waals surface area contributed by atoms with Crippen molar-refractivity contribution in [1.29, 1.82) is 0 Å². The summed E-state index contributed by atoms with van der Waals surface area (Å²) in [6.45, 7) is 0.